The predicted octanol–water partition coefficient (Wildman–Crippen LogP) is 3.58. The van der Waals surface area contributed by atoms with Crippen molar-refractivity contribution in [3.05, 3.63) is 33.7 Å². The van der Waals surface area contributed by atoms with Gasteiger partial charge in [-0.1, -0.05) is 13.8 Å². The third-order valence-corrected chi connectivity index (χ3v) is 3.74. The summed E-state index contributed by atoms with van der Waals surface area (Å²) >= 11 is 1.86. The van der Waals surface area contributed by atoms with E-state index in [0.717, 1.165) is 5.84 Å². The molecule has 1 atom stereocenters. The second kappa shape index (κ2) is 4.42. The molecule has 0 aromatic carbocycles. The molecule has 0 amide bonds. The van der Waals surface area contributed by atoms with Crippen molar-refractivity contribution in [1.29, 1.82) is 0 Å². The van der Waals surface area contributed by atoms with Gasteiger partial charge in [0.25, 0.3) is 0 Å². The summed E-state index contributed by atoms with van der Waals surface area (Å²) in [6.45, 7) is 8.66. The van der Waals surface area contributed by atoms with Crippen molar-refractivity contribution >= 4 is 17.2 Å². The molecule has 0 fully saturated rings. The molecule has 0 radical (unpaired) electrons. The normalized spacial score (nSPS) is 19.8. The summed E-state index contributed by atoms with van der Waals surface area (Å²) in [6.07, 6.45) is 4.04. The number of thiophene rings is 1. The smallest absolute Gasteiger partial charge is 0.105 e. The number of aliphatic imine (C=N–C) groups is 1. The van der Waals surface area contributed by atoms with E-state index >= 15 is 0 Å². The Hall–Kier alpha value is -1.09. The van der Waals surface area contributed by atoms with Crippen LogP contribution >= 0.6 is 11.3 Å². The lowest BCUT2D eigenvalue weighted by atomic mass is 10.0. The molecule has 86 valence electrons. The first-order valence-corrected chi connectivity index (χ1v) is 6.47. The van der Waals surface area contributed by atoms with Gasteiger partial charge in [-0.2, -0.15) is 0 Å². The fraction of sp³-hybridized carbons (Fsp3) is 0.462. The Morgan fingerprint density at radius 1 is 1.38 bits per heavy atom. The Morgan fingerprint density at radius 3 is 2.69 bits per heavy atom. The fourth-order valence-corrected chi connectivity index (χ4v) is 2.88. The molecule has 1 N–H and O–H groups in total. The van der Waals surface area contributed by atoms with Crippen LogP contribution in [0.4, 0.5) is 0 Å². The summed E-state index contributed by atoms with van der Waals surface area (Å²) in [5.41, 5.74) is 1.38. The van der Waals surface area contributed by atoms with E-state index in [1.807, 2.05) is 17.5 Å². The van der Waals surface area contributed by atoms with E-state index in [1.54, 1.807) is 0 Å². The minimum atomic E-state index is 0.292. The summed E-state index contributed by atoms with van der Waals surface area (Å²) in [5.74, 6) is 1.53. The molecule has 0 saturated carbocycles. The van der Waals surface area contributed by atoms with Crippen LogP contribution in [0.15, 0.2) is 23.3 Å². The molecule has 2 nitrogen and oxygen atoms in total. The van der Waals surface area contributed by atoms with Crippen molar-refractivity contribution in [2.45, 2.75) is 33.7 Å². The number of amidine groups is 1. The quantitative estimate of drug-likeness (QED) is 0.831. The van der Waals surface area contributed by atoms with Gasteiger partial charge in [0.1, 0.15) is 5.84 Å². The Labute approximate surface area is 101 Å². The first kappa shape index (κ1) is 11.4. The second-order valence-electron chi connectivity index (χ2n) is 4.50. The van der Waals surface area contributed by atoms with Gasteiger partial charge in [-0.3, -0.25) is 0 Å². The molecule has 1 aliphatic heterocycles. The highest BCUT2D eigenvalue weighted by molar-refractivity contribution is 7.12. The van der Waals surface area contributed by atoms with Gasteiger partial charge in [0.2, 0.25) is 0 Å². The lowest BCUT2D eigenvalue weighted by Gasteiger charge is -2.22. The predicted molar refractivity (Wildman–Crippen MR) is 71.1 cm³/mol. The zero-order valence-corrected chi connectivity index (χ0v) is 11.1. The summed E-state index contributed by atoms with van der Waals surface area (Å²) < 4.78 is 0. The standard InChI is InChI=1S/C13H18N2S/c1-8(2)13-14-6-5-12(15-13)11-7-9(3)16-10(11)4/h5-8,12H,1-4H3,(H,14,15). The third-order valence-electron chi connectivity index (χ3n) is 2.76. The van der Waals surface area contributed by atoms with Crippen molar-refractivity contribution in [1.82, 2.24) is 5.32 Å². The average Bonchev–Trinajstić information content (AvgIpc) is 2.58. The van der Waals surface area contributed by atoms with Gasteiger partial charge in [-0.15, -0.1) is 11.3 Å². The molecular weight excluding hydrogens is 216 g/mol. The maximum absolute atomic E-state index is 4.37. The van der Waals surface area contributed by atoms with Gasteiger partial charge in [0, 0.05) is 21.9 Å². The minimum absolute atomic E-state index is 0.292. The van der Waals surface area contributed by atoms with Gasteiger partial charge in [0.15, 0.2) is 0 Å². The maximum Gasteiger partial charge on any atom is 0.105 e. The van der Waals surface area contributed by atoms with Crippen LogP contribution in [0, 0.1) is 19.8 Å². The second-order valence-corrected chi connectivity index (χ2v) is 5.96. The molecule has 1 unspecified atom stereocenters. The largest absolute Gasteiger partial charge is 0.363 e. The molecule has 1 aromatic heterocycles. The third kappa shape index (κ3) is 2.19. The molecule has 3 heteroatoms. The Bertz CT molecular complexity index is 441. The zero-order valence-electron chi connectivity index (χ0n) is 10.2. The average molecular weight is 234 g/mol. The molecule has 2 rings (SSSR count). The summed E-state index contributed by atoms with van der Waals surface area (Å²) in [5, 5.41) is 3.49. The minimum Gasteiger partial charge on any atom is -0.363 e. The van der Waals surface area contributed by atoms with Crippen LogP contribution in [0.5, 0.6) is 0 Å². The highest BCUT2D eigenvalue weighted by atomic mass is 32.1. The van der Waals surface area contributed by atoms with E-state index in [9.17, 15) is 0 Å². The fourth-order valence-electron chi connectivity index (χ4n) is 1.91. The molecule has 2 heterocycles. The van der Waals surface area contributed by atoms with Crippen LogP contribution in [0.3, 0.4) is 0 Å². The Balaban J connectivity index is 2.23. The van der Waals surface area contributed by atoms with Gasteiger partial charge >= 0.3 is 0 Å². The summed E-state index contributed by atoms with van der Waals surface area (Å²) in [4.78, 5) is 7.13. The first-order valence-electron chi connectivity index (χ1n) is 5.65. The molecule has 0 aliphatic carbocycles. The van der Waals surface area contributed by atoms with Crippen LogP contribution in [0.25, 0.3) is 0 Å². The summed E-state index contributed by atoms with van der Waals surface area (Å²) in [6, 6.07) is 2.56. The maximum atomic E-state index is 4.37. The zero-order chi connectivity index (χ0) is 11.7. The van der Waals surface area contributed by atoms with Crippen molar-refractivity contribution < 1.29 is 0 Å². The highest BCUT2D eigenvalue weighted by Gasteiger charge is 2.18. The monoisotopic (exact) mass is 234 g/mol. The molecule has 0 bridgehead atoms. The molecule has 16 heavy (non-hydrogen) atoms. The van der Waals surface area contributed by atoms with E-state index in [2.05, 4.69) is 50.1 Å². The lowest BCUT2D eigenvalue weighted by molar-refractivity contribution is 0.714. The molecular formula is C13H18N2S. The number of rotatable bonds is 2. The van der Waals surface area contributed by atoms with Crippen LogP contribution < -0.4 is 5.32 Å². The number of hydrogen-bond acceptors (Lipinski definition) is 3. The van der Waals surface area contributed by atoms with E-state index < -0.39 is 0 Å². The van der Waals surface area contributed by atoms with E-state index in [4.69, 9.17) is 0 Å². The van der Waals surface area contributed by atoms with Crippen LogP contribution in [0.1, 0.15) is 35.2 Å². The lowest BCUT2D eigenvalue weighted by Crippen LogP contribution is -2.32. The number of aryl methyl sites for hydroxylation is 2. The topological polar surface area (TPSA) is 24.4 Å². The number of nitrogens with one attached hydrogen (secondary N) is 1. The van der Waals surface area contributed by atoms with Gasteiger partial charge in [0.05, 0.1) is 6.04 Å². The number of nitrogens with zero attached hydrogens (tertiary/aromatic N) is 1. The van der Waals surface area contributed by atoms with Gasteiger partial charge < -0.3 is 5.32 Å². The first-order chi connectivity index (χ1) is 7.58. The van der Waals surface area contributed by atoms with Gasteiger partial charge in [-0.05, 0) is 31.6 Å². The van der Waals surface area contributed by atoms with E-state index in [1.165, 1.54) is 15.3 Å². The molecule has 0 spiro atoms. The molecule has 1 aromatic rings. The SMILES string of the molecule is Cc1cc(C2C=CN=C(C(C)C)N2)c(C)s1. The van der Waals surface area contributed by atoms with Crippen LogP contribution in [-0.4, -0.2) is 5.84 Å². The highest BCUT2D eigenvalue weighted by Crippen LogP contribution is 2.28. The van der Waals surface area contributed by atoms with Crippen molar-refractivity contribution in [2.75, 3.05) is 0 Å². The summed E-state index contributed by atoms with van der Waals surface area (Å²) in [7, 11) is 0. The van der Waals surface area contributed by atoms with Crippen LogP contribution in [0.2, 0.25) is 0 Å². The Morgan fingerprint density at radius 2 is 2.12 bits per heavy atom. The van der Waals surface area contributed by atoms with Crippen molar-refractivity contribution in [2.24, 2.45) is 10.9 Å². The van der Waals surface area contributed by atoms with Crippen LogP contribution in [-0.2, 0) is 0 Å². The molecule has 0 saturated heterocycles. The Kier molecular flexibility index (Phi) is 3.15. The van der Waals surface area contributed by atoms with Crippen molar-refractivity contribution in [3.63, 3.8) is 0 Å². The van der Waals surface area contributed by atoms with Crippen molar-refractivity contribution in [3.8, 4) is 0 Å². The van der Waals surface area contributed by atoms with E-state index in [-0.39, 0.29) is 0 Å². The van der Waals surface area contributed by atoms with Gasteiger partial charge in [-0.25, -0.2) is 4.99 Å². The van der Waals surface area contributed by atoms with E-state index in [0.29, 0.717) is 12.0 Å². The number of hydrogen-bond donors (Lipinski definition) is 1. The molecule has 1 aliphatic rings.